The van der Waals surface area contributed by atoms with Crippen molar-refractivity contribution in [3.63, 3.8) is 0 Å². The Balaban J connectivity index is 1.82. The Bertz CT molecular complexity index is 313. The van der Waals surface area contributed by atoms with E-state index in [0.29, 0.717) is 6.10 Å². The molecule has 2 atom stereocenters. The van der Waals surface area contributed by atoms with E-state index in [2.05, 4.69) is 29.3 Å². The number of ether oxygens (including phenoxy) is 1. The van der Waals surface area contributed by atoms with Crippen molar-refractivity contribution in [1.29, 1.82) is 0 Å². The standard InChI is InChI=1S/C13H22N2OS/c1-2-16-11-5-3-7-15(9-11)10-12(14)13-6-4-8-17-13/h4,6,8,11-12H,2-3,5,7,9-10,14H2,1H3. The topological polar surface area (TPSA) is 38.5 Å². The molecule has 1 saturated heterocycles. The van der Waals surface area contributed by atoms with Gasteiger partial charge in [0.25, 0.3) is 0 Å². The third kappa shape index (κ3) is 3.78. The highest BCUT2D eigenvalue weighted by molar-refractivity contribution is 7.10. The molecule has 0 bridgehead atoms. The molecule has 1 aliphatic heterocycles. The zero-order valence-corrected chi connectivity index (χ0v) is 11.3. The van der Waals surface area contributed by atoms with Gasteiger partial charge in [0.15, 0.2) is 0 Å². The SMILES string of the molecule is CCOC1CCCN(CC(N)c2cccs2)C1. The number of hydrogen-bond donors (Lipinski definition) is 1. The van der Waals surface area contributed by atoms with Crippen LogP contribution in [0.15, 0.2) is 17.5 Å². The quantitative estimate of drug-likeness (QED) is 0.876. The molecule has 2 rings (SSSR count). The van der Waals surface area contributed by atoms with Crippen molar-refractivity contribution in [2.75, 3.05) is 26.2 Å². The Morgan fingerprint density at radius 3 is 3.24 bits per heavy atom. The summed E-state index contributed by atoms with van der Waals surface area (Å²) < 4.78 is 5.71. The number of thiophene rings is 1. The van der Waals surface area contributed by atoms with Crippen LogP contribution in [0.1, 0.15) is 30.7 Å². The van der Waals surface area contributed by atoms with Crippen LogP contribution in [-0.2, 0) is 4.74 Å². The van der Waals surface area contributed by atoms with E-state index >= 15 is 0 Å². The number of nitrogens with two attached hydrogens (primary N) is 1. The second-order valence-electron chi connectivity index (χ2n) is 4.60. The summed E-state index contributed by atoms with van der Waals surface area (Å²) >= 11 is 1.75. The summed E-state index contributed by atoms with van der Waals surface area (Å²) in [5, 5.41) is 2.09. The summed E-state index contributed by atoms with van der Waals surface area (Å²) in [6, 6.07) is 4.34. The van der Waals surface area contributed by atoms with E-state index in [-0.39, 0.29) is 6.04 Å². The van der Waals surface area contributed by atoms with Crippen molar-refractivity contribution in [3.05, 3.63) is 22.4 Å². The molecule has 0 radical (unpaired) electrons. The molecular formula is C13H22N2OS. The summed E-state index contributed by atoms with van der Waals surface area (Å²) in [4.78, 5) is 3.72. The maximum absolute atomic E-state index is 6.22. The minimum atomic E-state index is 0.148. The number of rotatable bonds is 5. The molecule has 0 spiro atoms. The molecule has 1 aromatic rings. The third-order valence-electron chi connectivity index (χ3n) is 3.23. The van der Waals surface area contributed by atoms with Gasteiger partial charge in [0.2, 0.25) is 0 Å². The second-order valence-corrected chi connectivity index (χ2v) is 5.58. The zero-order chi connectivity index (χ0) is 12.1. The van der Waals surface area contributed by atoms with Gasteiger partial charge < -0.3 is 10.5 Å². The van der Waals surface area contributed by atoms with Gasteiger partial charge in [-0.15, -0.1) is 11.3 Å². The molecule has 1 aromatic heterocycles. The van der Waals surface area contributed by atoms with Gasteiger partial charge in [0.05, 0.1) is 12.1 Å². The number of piperidine rings is 1. The molecular weight excluding hydrogens is 232 g/mol. The Morgan fingerprint density at radius 2 is 2.53 bits per heavy atom. The molecule has 0 amide bonds. The van der Waals surface area contributed by atoms with Crippen LogP contribution in [-0.4, -0.2) is 37.2 Å². The zero-order valence-electron chi connectivity index (χ0n) is 10.5. The van der Waals surface area contributed by atoms with Crippen molar-refractivity contribution >= 4 is 11.3 Å². The van der Waals surface area contributed by atoms with E-state index < -0.39 is 0 Å². The van der Waals surface area contributed by atoms with Crippen LogP contribution in [0.3, 0.4) is 0 Å². The molecule has 96 valence electrons. The molecule has 3 nitrogen and oxygen atoms in total. The fourth-order valence-corrected chi connectivity index (χ4v) is 3.14. The van der Waals surface area contributed by atoms with Crippen LogP contribution in [0.4, 0.5) is 0 Å². The predicted molar refractivity (Wildman–Crippen MR) is 72.3 cm³/mol. The molecule has 0 saturated carbocycles. The van der Waals surface area contributed by atoms with E-state index in [0.717, 1.165) is 26.2 Å². The van der Waals surface area contributed by atoms with Crippen LogP contribution in [0, 0.1) is 0 Å². The van der Waals surface area contributed by atoms with Crippen molar-refractivity contribution in [1.82, 2.24) is 4.90 Å². The average Bonchev–Trinajstić information content (AvgIpc) is 2.83. The van der Waals surface area contributed by atoms with Crippen LogP contribution >= 0.6 is 11.3 Å². The Labute approximate surface area is 108 Å². The van der Waals surface area contributed by atoms with E-state index in [9.17, 15) is 0 Å². The van der Waals surface area contributed by atoms with Gasteiger partial charge in [-0.05, 0) is 37.8 Å². The molecule has 17 heavy (non-hydrogen) atoms. The fraction of sp³-hybridized carbons (Fsp3) is 0.692. The third-order valence-corrected chi connectivity index (χ3v) is 4.23. The molecule has 4 heteroatoms. The van der Waals surface area contributed by atoms with Gasteiger partial charge in [0, 0.05) is 24.6 Å². The predicted octanol–water partition coefficient (Wildman–Crippen LogP) is 2.25. The number of hydrogen-bond acceptors (Lipinski definition) is 4. The Morgan fingerprint density at radius 1 is 1.65 bits per heavy atom. The molecule has 2 N–H and O–H groups in total. The first kappa shape index (κ1) is 13.0. The first-order valence-corrected chi connectivity index (χ1v) is 7.30. The maximum Gasteiger partial charge on any atom is 0.0702 e. The van der Waals surface area contributed by atoms with Crippen LogP contribution in [0.25, 0.3) is 0 Å². The largest absolute Gasteiger partial charge is 0.377 e. The van der Waals surface area contributed by atoms with E-state index in [1.807, 2.05) is 0 Å². The van der Waals surface area contributed by atoms with Gasteiger partial charge in [0.1, 0.15) is 0 Å². The molecule has 2 heterocycles. The number of nitrogens with zero attached hydrogens (tertiary/aromatic N) is 1. The summed E-state index contributed by atoms with van der Waals surface area (Å²) in [7, 11) is 0. The van der Waals surface area contributed by atoms with Gasteiger partial charge in [-0.1, -0.05) is 6.07 Å². The summed E-state index contributed by atoms with van der Waals surface area (Å²) in [6.45, 7) is 6.02. The van der Waals surface area contributed by atoms with Gasteiger partial charge >= 0.3 is 0 Å². The first-order valence-electron chi connectivity index (χ1n) is 6.42. The highest BCUT2D eigenvalue weighted by Gasteiger charge is 2.22. The van der Waals surface area contributed by atoms with Gasteiger partial charge in [-0.2, -0.15) is 0 Å². The lowest BCUT2D eigenvalue weighted by atomic mass is 10.1. The van der Waals surface area contributed by atoms with E-state index in [4.69, 9.17) is 10.5 Å². The van der Waals surface area contributed by atoms with Crippen molar-refractivity contribution in [3.8, 4) is 0 Å². The smallest absolute Gasteiger partial charge is 0.0702 e. The number of likely N-dealkylation sites (tertiary alicyclic amines) is 1. The lowest BCUT2D eigenvalue weighted by Gasteiger charge is -2.33. The van der Waals surface area contributed by atoms with Crippen molar-refractivity contribution in [2.24, 2.45) is 5.73 Å². The maximum atomic E-state index is 6.22. The Kier molecular flexibility index (Phi) is 4.98. The highest BCUT2D eigenvalue weighted by Crippen LogP contribution is 2.20. The van der Waals surface area contributed by atoms with Gasteiger partial charge in [-0.3, -0.25) is 4.90 Å². The van der Waals surface area contributed by atoms with Gasteiger partial charge in [-0.25, -0.2) is 0 Å². The van der Waals surface area contributed by atoms with Crippen LogP contribution < -0.4 is 5.73 Å². The average molecular weight is 254 g/mol. The molecule has 0 aromatic carbocycles. The highest BCUT2D eigenvalue weighted by atomic mass is 32.1. The fourth-order valence-electron chi connectivity index (χ4n) is 2.42. The van der Waals surface area contributed by atoms with Crippen LogP contribution in [0.5, 0.6) is 0 Å². The molecule has 1 aliphatic rings. The normalized spacial score (nSPS) is 23.8. The van der Waals surface area contributed by atoms with E-state index in [1.165, 1.54) is 17.7 Å². The monoisotopic (exact) mass is 254 g/mol. The first-order chi connectivity index (χ1) is 8.29. The van der Waals surface area contributed by atoms with E-state index in [1.54, 1.807) is 11.3 Å². The Hall–Kier alpha value is -0.420. The van der Waals surface area contributed by atoms with Crippen molar-refractivity contribution < 1.29 is 4.74 Å². The lowest BCUT2D eigenvalue weighted by molar-refractivity contribution is 0.00457. The summed E-state index contributed by atoms with van der Waals surface area (Å²) in [5.41, 5.74) is 6.22. The lowest BCUT2D eigenvalue weighted by Crippen LogP contribution is -2.42. The summed E-state index contributed by atoms with van der Waals surface area (Å²) in [5.74, 6) is 0. The minimum absolute atomic E-state index is 0.148. The molecule has 0 aliphatic carbocycles. The molecule has 1 fully saturated rings. The second kappa shape index (κ2) is 6.50. The summed E-state index contributed by atoms with van der Waals surface area (Å²) in [6.07, 6.45) is 2.82. The minimum Gasteiger partial charge on any atom is -0.377 e. The van der Waals surface area contributed by atoms with Crippen molar-refractivity contribution in [2.45, 2.75) is 31.9 Å². The molecule has 2 unspecified atom stereocenters. The van der Waals surface area contributed by atoms with Crippen LogP contribution in [0.2, 0.25) is 0 Å².